The van der Waals surface area contributed by atoms with E-state index in [9.17, 15) is 0 Å². The number of nitrogens with zero attached hydrogens (tertiary/aromatic N) is 2. The predicted octanol–water partition coefficient (Wildman–Crippen LogP) is 3.76. The highest BCUT2D eigenvalue weighted by atomic mass is 15.0. The first-order valence-electron chi connectivity index (χ1n) is 6.55. The number of benzene rings is 2. The molecule has 2 aromatic heterocycles. The third kappa shape index (κ3) is 1.50. The van der Waals surface area contributed by atoms with E-state index in [0.29, 0.717) is 0 Å². The molecule has 0 aliphatic carbocycles. The second-order valence-corrected chi connectivity index (χ2v) is 4.82. The summed E-state index contributed by atoms with van der Waals surface area (Å²) in [5.41, 5.74) is 9.86. The van der Waals surface area contributed by atoms with Crippen molar-refractivity contribution in [1.29, 1.82) is 0 Å². The standard InChI is InChI=1S/C17H13N3/c18-12-8-9-14-15-7-4-10-19-17(15)20(16(14)11-12)13-5-2-1-3-6-13/h1-11H,18H2. The Morgan fingerprint density at radius 2 is 1.70 bits per heavy atom. The summed E-state index contributed by atoms with van der Waals surface area (Å²) in [5.74, 6) is 0. The summed E-state index contributed by atoms with van der Waals surface area (Å²) in [5, 5.41) is 2.32. The van der Waals surface area contributed by atoms with Crippen molar-refractivity contribution < 1.29 is 0 Å². The molecule has 0 fully saturated rings. The van der Waals surface area contributed by atoms with Gasteiger partial charge < -0.3 is 5.73 Å². The van der Waals surface area contributed by atoms with Crippen LogP contribution in [0.4, 0.5) is 5.69 Å². The number of nitrogens with two attached hydrogens (primary N) is 1. The van der Waals surface area contributed by atoms with E-state index < -0.39 is 0 Å². The van der Waals surface area contributed by atoms with Gasteiger partial charge in [-0.05, 0) is 36.4 Å². The van der Waals surface area contributed by atoms with Crippen LogP contribution in [0.2, 0.25) is 0 Å². The Hall–Kier alpha value is -2.81. The van der Waals surface area contributed by atoms with Crippen LogP contribution >= 0.6 is 0 Å². The maximum Gasteiger partial charge on any atom is 0.145 e. The van der Waals surface area contributed by atoms with Crippen LogP contribution in [0, 0.1) is 0 Å². The zero-order chi connectivity index (χ0) is 13.5. The monoisotopic (exact) mass is 259 g/mol. The summed E-state index contributed by atoms with van der Waals surface area (Å²) in [6, 6.07) is 20.3. The summed E-state index contributed by atoms with van der Waals surface area (Å²) >= 11 is 0. The Kier molecular flexibility index (Phi) is 2.27. The minimum Gasteiger partial charge on any atom is -0.399 e. The van der Waals surface area contributed by atoms with Crippen LogP contribution in [0.1, 0.15) is 0 Å². The fraction of sp³-hybridized carbons (Fsp3) is 0. The van der Waals surface area contributed by atoms with E-state index >= 15 is 0 Å². The van der Waals surface area contributed by atoms with Crippen LogP contribution in [0.25, 0.3) is 27.6 Å². The molecule has 2 N–H and O–H groups in total. The van der Waals surface area contributed by atoms with Gasteiger partial charge in [-0.1, -0.05) is 24.3 Å². The molecular weight excluding hydrogens is 246 g/mol. The largest absolute Gasteiger partial charge is 0.399 e. The van der Waals surface area contributed by atoms with Gasteiger partial charge in [-0.2, -0.15) is 0 Å². The molecule has 0 radical (unpaired) electrons. The van der Waals surface area contributed by atoms with Crippen LogP contribution in [0.3, 0.4) is 0 Å². The van der Waals surface area contributed by atoms with E-state index in [1.807, 2.05) is 42.6 Å². The summed E-state index contributed by atoms with van der Waals surface area (Å²) in [7, 11) is 0. The summed E-state index contributed by atoms with van der Waals surface area (Å²) in [6.07, 6.45) is 1.82. The van der Waals surface area contributed by atoms with Crippen molar-refractivity contribution in [3.05, 3.63) is 66.9 Å². The fourth-order valence-electron chi connectivity index (χ4n) is 2.70. The second-order valence-electron chi connectivity index (χ2n) is 4.82. The minimum absolute atomic E-state index is 0.762. The van der Waals surface area contributed by atoms with Crippen LogP contribution in [-0.2, 0) is 0 Å². The van der Waals surface area contributed by atoms with Gasteiger partial charge in [-0.3, -0.25) is 4.57 Å². The van der Waals surface area contributed by atoms with Gasteiger partial charge in [0.2, 0.25) is 0 Å². The Balaban J connectivity index is 2.23. The Labute approximate surface area is 116 Å². The van der Waals surface area contributed by atoms with E-state index in [0.717, 1.165) is 27.9 Å². The highest BCUT2D eigenvalue weighted by molar-refractivity contribution is 6.08. The fourth-order valence-corrected chi connectivity index (χ4v) is 2.70. The van der Waals surface area contributed by atoms with E-state index in [1.165, 1.54) is 5.39 Å². The van der Waals surface area contributed by atoms with Crippen molar-refractivity contribution in [2.24, 2.45) is 0 Å². The van der Waals surface area contributed by atoms with Crippen LogP contribution in [0.15, 0.2) is 66.9 Å². The molecule has 0 spiro atoms. The lowest BCUT2D eigenvalue weighted by Gasteiger charge is -2.06. The highest BCUT2D eigenvalue weighted by Crippen LogP contribution is 2.31. The van der Waals surface area contributed by atoms with Gasteiger partial charge in [0.05, 0.1) is 5.52 Å². The molecule has 0 saturated carbocycles. The SMILES string of the molecule is Nc1ccc2c3cccnc3n(-c3ccccc3)c2c1. The maximum absolute atomic E-state index is 5.96. The molecule has 2 heterocycles. The number of nitrogen functional groups attached to an aromatic ring is 1. The minimum atomic E-state index is 0.762. The van der Waals surface area contributed by atoms with Gasteiger partial charge in [0.25, 0.3) is 0 Å². The number of anilines is 1. The van der Waals surface area contributed by atoms with Crippen molar-refractivity contribution >= 4 is 27.6 Å². The maximum atomic E-state index is 5.96. The van der Waals surface area contributed by atoms with Crippen molar-refractivity contribution in [2.45, 2.75) is 0 Å². The zero-order valence-corrected chi connectivity index (χ0v) is 10.8. The quantitative estimate of drug-likeness (QED) is 0.529. The molecule has 0 bridgehead atoms. The number of rotatable bonds is 1. The molecule has 0 aliphatic rings. The number of hydrogen-bond acceptors (Lipinski definition) is 2. The van der Waals surface area contributed by atoms with Gasteiger partial charge in [0.15, 0.2) is 0 Å². The molecule has 3 heteroatoms. The number of fused-ring (bicyclic) bond motifs is 3. The average Bonchev–Trinajstić information content (AvgIpc) is 2.81. The molecule has 20 heavy (non-hydrogen) atoms. The Morgan fingerprint density at radius 3 is 2.55 bits per heavy atom. The van der Waals surface area contributed by atoms with Crippen LogP contribution in [0.5, 0.6) is 0 Å². The average molecular weight is 259 g/mol. The van der Waals surface area contributed by atoms with Crippen LogP contribution < -0.4 is 5.73 Å². The lowest BCUT2D eigenvalue weighted by molar-refractivity contribution is 1.14. The lowest BCUT2D eigenvalue weighted by Crippen LogP contribution is -1.95. The summed E-state index contributed by atoms with van der Waals surface area (Å²) in [6.45, 7) is 0. The van der Waals surface area contributed by atoms with E-state index in [1.54, 1.807) is 0 Å². The van der Waals surface area contributed by atoms with Crippen molar-refractivity contribution in [3.8, 4) is 5.69 Å². The van der Waals surface area contributed by atoms with Gasteiger partial charge in [0, 0.05) is 28.3 Å². The molecule has 4 rings (SSSR count). The van der Waals surface area contributed by atoms with E-state index in [-0.39, 0.29) is 0 Å². The third-order valence-electron chi connectivity index (χ3n) is 3.57. The van der Waals surface area contributed by atoms with Crippen molar-refractivity contribution in [3.63, 3.8) is 0 Å². The summed E-state index contributed by atoms with van der Waals surface area (Å²) < 4.78 is 2.15. The van der Waals surface area contributed by atoms with Crippen LogP contribution in [-0.4, -0.2) is 9.55 Å². The lowest BCUT2D eigenvalue weighted by atomic mass is 10.2. The molecule has 4 aromatic rings. The first kappa shape index (κ1) is 11.1. The Morgan fingerprint density at radius 1 is 0.850 bits per heavy atom. The molecule has 3 nitrogen and oxygen atoms in total. The van der Waals surface area contributed by atoms with Gasteiger partial charge in [-0.25, -0.2) is 4.98 Å². The highest BCUT2D eigenvalue weighted by Gasteiger charge is 2.12. The molecule has 2 aromatic carbocycles. The molecule has 96 valence electrons. The topological polar surface area (TPSA) is 43.8 Å². The molecule has 0 atom stereocenters. The first-order valence-corrected chi connectivity index (χ1v) is 6.55. The normalized spacial score (nSPS) is 11.2. The van der Waals surface area contributed by atoms with Gasteiger partial charge in [-0.15, -0.1) is 0 Å². The van der Waals surface area contributed by atoms with Crippen molar-refractivity contribution in [2.75, 3.05) is 5.73 Å². The van der Waals surface area contributed by atoms with Gasteiger partial charge in [0.1, 0.15) is 5.65 Å². The number of hydrogen-bond donors (Lipinski definition) is 1. The summed E-state index contributed by atoms with van der Waals surface area (Å²) in [4.78, 5) is 4.55. The smallest absolute Gasteiger partial charge is 0.145 e. The number of pyridine rings is 1. The number of aromatic nitrogens is 2. The predicted molar refractivity (Wildman–Crippen MR) is 83.0 cm³/mol. The zero-order valence-electron chi connectivity index (χ0n) is 10.8. The molecule has 0 amide bonds. The number of para-hydroxylation sites is 1. The molecule has 0 unspecified atom stereocenters. The molecule has 0 saturated heterocycles. The third-order valence-corrected chi connectivity index (χ3v) is 3.57. The van der Waals surface area contributed by atoms with E-state index in [2.05, 4.69) is 33.8 Å². The van der Waals surface area contributed by atoms with Gasteiger partial charge >= 0.3 is 0 Å². The molecule has 0 aliphatic heterocycles. The van der Waals surface area contributed by atoms with E-state index in [4.69, 9.17) is 5.73 Å². The Bertz CT molecular complexity index is 907. The second kappa shape index (κ2) is 4.10. The first-order chi connectivity index (χ1) is 9.84. The molecular formula is C17H13N3. The van der Waals surface area contributed by atoms with Crippen molar-refractivity contribution in [1.82, 2.24) is 9.55 Å².